The van der Waals surface area contributed by atoms with Crippen LogP contribution in [0.4, 0.5) is 5.82 Å². The summed E-state index contributed by atoms with van der Waals surface area (Å²) in [6.45, 7) is 2.94. The number of aromatic nitrogens is 2. The molecule has 0 aliphatic heterocycles. The summed E-state index contributed by atoms with van der Waals surface area (Å²) in [5.74, 6) is 0.227. The van der Waals surface area contributed by atoms with E-state index >= 15 is 0 Å². The molecule has 7 nitrogen and oxygen atoms in total. The summed E-state index contributed by atoms with van der Waals surface area (Å²) >= 11 is 0. The summed E-state index contributed by atoms with van der Waals surface area (Å²) in [6.07, 6.45) is 4.21. The van der Waals surface area contributed by atoms with Gasteiger partial charge in [0.05, 0.1) is 6.26 Å². The third-order valence-electron chi connectivity index (χ3n) is 2.04. The van der Waals surface area contributed by atoms with Gasteiger partial charge in [0.2, 0.25) is 10.0 Å². The molecule has 1 aromatic heterocycles. The van der Waals surface area contributed by atoms with Crippen molar-refractivity contribution in [2.75, 3.05) is 24.7 Å². The monoisotopic (exact) mass is 260 g/mol. The molecule has 8 heteroatoms. The first-order valence-corrected chi connectivity index (χ1v) is 7.07. The van der Waals surface area contributed by atoms with E-state index in [4.69, 9.17) is 0 Å². The summed E-state index contributed by atoms with van der Waals surface area (Å²) in [4.78, 5) is 15.6. The number of rotatable bonds is 6. The summed E-state index contributed by atoms with van der Waals surface area (Å²) in [5, 5.41) is 2.79. The summed E-state index contributed by atoms with van der Waals surface area (Å²) in [6, 6.07) is 0. The van der Waals surface area contributed by atoms with E-state index in [-0.39, 0.29) is 17.9 Å². The number of hydrogen-bond acceptors (Lipinski definition) is 5. The Kier molecular flexibility index (Phi) is 4.64. The average molecular weight is 260 g/mol. The number of sulfonamides is 1. The summed E-state index contributed by atoms with van der Waals surface area (Å²) in [5.41, 5.74) is -0.214. The van der Waals surface area contributed by atoms with Gasteiger partial charge in [-0.2, -0.15) is 0 Å². The van der Waals surface area contributed by atoms with E-state index in [1.54, 1.807) is 6.20 Å². The van der Waals surface area contributed by atoms with Gasteiger partial charge in [-0.05, 0) is 6.92 Å². The molecule has 0 fully saturated rings. The smallest absolute Gasteiger partial charge is 0.293 e. The van der Waals surface area contributed by atoms with E-state index < -0.39 is 10.0 Å². The van der Waals surface area contributed by atoms with Crippen molar-refractivity contribution in [3.05, 3.63) is 22.7 Å². The molecule has 0 radical (unpaired) electrons. The number of nitrogens with zero attached hydrogens (tertiary/aromatic N) is 2. The number of anilines is 1. The van der Waals surface area contributed by atoms with Crippen LogP contribution >= 0.6 is 0 Å². The van der Waals surface area contributed by atoms with E-state index in [0.717, 1.165) is 6.26 Å². The minimum absolute atomic E-state index is 0.209. The van der Waals surface area contributed by atoms with Gasteiger partial charge in [-0.25, -0.2) is 18.1 Å². The predicted octanol–water partition coefficient (Wildman–Crippen LogP) is -0.776. The zero-order valence-corrected chi connectivity index (χ0v) is 10.6. The maximum Gasteiger partial charge on any atom is 0.293 e. The molecule has 0 atom stereocenters. The third-order valence-corrected chi connectivity index (χ3v) is 2.76. The van der Waals surface area contributed by atoms with Crippen LogP contribution in [-0.4, -0.2) is 37.3 Å². The highest BCUT2D eigenvalue weighted by molar-refractivity contribution is 7.88. The topological polar surface area (TPSA) is 93.1 Å². The Balaban J connectivity index is 2.56. The fraction of sp³-hybridized carbons (Fsp3) is 0.556. The Morgan fingerprint density at radius 1 is 1.41 bits per heavy atom. The first kappa shape index (κ1) is 13.7. The maximum atomic E-state index is 11.7. The number of nitrogens with one attached hydrogen (secondary N) is 2. The Morgan fingerprint density at radius 2 is 2.12 bits per heavy atom. The van der Waals surface area contributed by atoms with Crippen molar-refractivity contribution < 1.29 is 8.42 Å². The molecule has 0 aromatic carbocycles. The van der Waals surface area contributed by atoms with Crippen LogP contribution in [0.2, 0.25) is 0 Å². The molecule has 17 heavy (non-hydrogen) atoms. The van der Waals surface area contributed by atoms with Crippen molar-refractivity contribution in [3.8, 4) is 0 Å². The van der Waals surface area contributed by atoms with Crippen LogP contribution in [0.15, 0.2) is 17.2 Å². The quantitative estimate of drug-likeness (QED) is 0.655. The second-order valence-electron chi connectivity index (χ2n) is 3.46. The Morgan fingerprint density at radius 3 is 2.71 bits per heavy atom. The van der Waals surface area contributed by atoms with Gasteiger partial charge in [0.15, 0.2) is 5.82 Å². The molecule has 1 aromatic rings. The maximum absolute atomic E-state index is 11.7. The fourth-order valence-electron chi connectivity index (χ4n) is 1.23. The van der Waals surface area contributed by atoms with Gasteiger partial charge in [0.25, 0.3) is 5.56 Å². The second-order valence-corrected chi connectivity index (χ2v) is 5.29. The third kappa shape index (κ3) is 4.53. The second kappa shape index (κ2) is 5.78. The molecule has 0 spiro atoms. The van der Waals surface area contributed by atoms with Crippen molar-refractivity contribution in [1.29, 1.82) is 0 Å². The van der Waals surface area contributed by atoms with Crippen LogP contribution in [0.5, 0.6) is 0 Å². The van der Waals surface area contributed by atoms with Gasteiger partial charge in [-0.1, -0.05) is 0 Å². The average Bonchev–Trinajstić information content (AvgIpc) is 2.25. The van der Waals surface area contributed by atoms with Gasteiger partial charge >= 0.3 is 0 Å². The van der Waals surface area contributed by atoms with Gasteiger partial charge in [-0.3, -0.25) is 4.79 Å². The molecule has 1 rings (SSSR count). The molecule has 1 heterocycles. The largest absolute Gasteiger partial charge is 0.364 e. The van der Waals surface area contributed by atoms with Crippen LogP contribution in [0.1, 0.15) is 6.92 Å². The number of hydrogen-bond donors (Lipinski definition) is 2. The highest BCUT2D eigenvalue weighted by atomic mass is 32.2. The molecule has 0 bridgehead atoms. The van der Waals surface area contributed by atoms with Crippen LogP contribution in [0.3, 0.4) is 0 Å². The van der Waals surface area contributed by atoms with E-state index in [9.17, 15) is 13.2 Å². The minimum Gasteiger partial charge on any atom is -0.364 e. The predicted molar refractivity (Wildman–Crippen MR) is 65.5 cm³/mol. The summed E-state index contributed by atoms with van der Waals surface area (Å²) < 4.78 is 25.4. The fourth-order valence-corrected chi connectivity index (χ4v) is 1.71. The highest BCUT2D eigenvalue weighted by Gasteiger charge is 2.03. The lowest BCUT2D eigenvalue weighted by molar-refractivity contribution is 0.589. The Hall–Kier alpha value is -1.41. The minimum atomic E-state index is -3.20. The lowest BCUT2D eigenvalue weighted by Crippen LogP contribution is -2.30. The molecule has 0 amide bonds. The van der Waals surface area contributed by atoms with Crippen molar-refractivity contribution in [1.82, 2.24) is 14.3 Å². The van der Waals surface area contributed by atoms with Crippen LogP contribution in [0.25, 0.3) is 0 Å². The van der Waals surface area contributed by atoms with Crippen molar-refractivity contribution >= 4 is 15.8 Å². The first-order chi connectivity index (χ1) is 7.94. The molecule has 2 N–H and O–H groups in total. The van der Waals surface area contributed by atoms with Gasteiger partial charge in [0.1, 0.15) is 0 Å². The van der Waals surface area contributed by atoms with E-state index in [1.165, 1.54) is 10.8 Å². The summed E-state index contributed by atoms with van der Waals surface area (Å²) in [7, 11) is -3.20. The van der Waals surface area contributed by atoms with E-state index in [1.807, 2.05) is 6.92 Å². The van der Waals surface area contributed by atoms with Crippen LogP contribution < -0.4 is 15.6 Å². The van der Waals surface area contributed by atoms with Crippen molar-refractivity contribution in [3.63, 3.8) is 0 Å². The zero-order valence-electron chi connectivity index (χ0n) is 9.80. The number of aryl methyl sites for hydroxylation is 1. The van der Waals surface area contributed by atoms with Gasteiger partial charge in [-0.15, -0.1) is 0 Å². The lowest BCUT2D eigenvalue weighted by atomic mass is 10.5. The molecule has 96 valence electrons. The lowest BCUT2D eigenvalue weighted by Gasteiger charge is -2.07. The van der Waals surface area contributed by atoms with E-state index in [2.05, 4.69) is 15.0 Å². The molecule has 0 aliphatic rings. The SMILES string of the molecule is CCn1ccnc(NCCNS(C)(=O)=O)c1=O. The van der Waals surface area contributed by atoms with Crippen LogP contribution in [-0.2, 0) is 16.6 Å². The molecule has 0 saturated heterocycles. The molecule has 0 saturated carbocycles. The van der Waals surface area contributed by atoms with Gasteiger partial charge < -0.3 is 9.88 Å². The first-order valence-electron chi connectivity index (χ1n) is 5.18. The van der Waals surface area contributed by atoms with Crippen molar-refractivity contribution in [2.24, 2.45) is 0 Å². The molecule has 0 unspecified atom stereocenters. The zero-order chi connectivity index (χ0) is 12.9. The Bertz CT molecular complexity index is 523. The molecule has 0 aliphatic carbocycles. The normalized spacial score (nSPS) is 11.4. The van der Waals surface area contributed by atoms with Crippen molar-refractivity contribution in [2.45, 2.75) is 13.5 Å². The molecular formula is C9H16N4O3S. The van der Waals surface area contributed by atoms with Crippen LogP contribution in [0, 0.1) is 0 Å². The van der Waals surface area contributed by atoms with E-state index in [0.29, 0.717) is 13.1 Å². The highest BCUT2D eigenvalue weighted by Crippen LogP contribution is 1.91. The Labute approximate surface area is 99.9 Å². The van der Waals surface area contributed by atoms with Gasteiger partial charge in [0, 0.05) is 32.0 Å². The standard InChI is InChI=1S/C9H16N4O3S/c1-3-13-7-6-11-8(9(13)14)10-4-5-12-17(2,15)16/h6-7,12H,3-5H2,1-2H3,(H,10,11). The molecular weight excluding hydrogens is 244 g/mol.